The molecule has 3 N–H and O–H groups in total. The van der Waals surface area contributed by atoms with Crippen molar-refractivity contribution >= 4 is 15.9 Å². The van der Waals surface area contributed by atoms with Gasteiger partial charge in [-0.1, -0.05) is 24.3 Å². The topological polar surface area (TPSA) is 105 Å². The zero-order valence-electron chi connectivity index (χ0n) is 10.3. The van der Waals surface area contributed by atoms with E-state index < -0.39 is 10.2 Å². The Bertz CT molecular complexity index is 752. The summed E-state index contributed by atoms with van der Waals surface area (Å²) < 4.78 is 29.7. The molecule has 0 aliphatic heterocycles. The summed E-state index contributed by atoms with van der Waals surface area (Å²) in [5, 5.41) is 14.1. The fourth-order valence-electron chi connectivity index (χ4n) is 1.59. The predicted molar refractivity (Wildman–Crippen MR) is 74.4 cm³/mol. The number of nitrogens with zero attached hydrogens (tertiary/aromatic N) is 1. The maximum Gasteiger partial charge on any atom is 0.296 e. The van der Waals surface area contributed by atoms with E-state index >= 15 is 0 Å². The summed E-state index contributed by atoms with van der Waals surface area (Å²) in [7, 11) is -3.96. The van der Waals surface area contributed by atoms with Crippen molar-refractivity contribution in [3.63, 3.8) is 0 Å². The molecule has 102 valence electrons. The van der Waals surface area contributed by atoms with Gasteiger partial charge >= 0.3 is 0 Å². The molecule has 20 heavy (non-hydrogen) atoms. The van der Waals surface area contributed by atoms with Crippen LogP contribution < -0.4 is 14.6 Å². The Balaban J connectivity index is 2.40. The lowest BCUT2D eigenvalue weighted by Crippen LogP contribution is -2.22. The third kappa shape index (κ3) is 3.47. The molecular formula is C13H11N3O3S. The van der Waals surface area contributed by atoms with E-state index in [4.69, 9.17) is 15.1 Å². The molecule has 0 heterocycles. The first-order valence-electron chi connectivity index (χ1n) is 5.56. The van der Waals surface area contributed by atoms with Gasteiger partial charge in [0, 0.05) is 0 Å². The third-order valence-corrected chi connectivity index (χ3v) is 2.87. The molecule has 0 aliphatic carbocycles. The number of rotatable bonds is 4. The molecule has 0 amide bonds. The van der Waals surface area contributed by atoms with Crippen molar-refractivity contribution in [2.75, 3.05) is 4.72 Å². The lowest BCUT2D eigenvalue weighted by molar-refractivity contribution is 0.481. The van der Waals surface area contributed by atoms with Crippen molar-refractivity contribution in [3.05, 3.63) is 54.1 Å². The molecule has 2 aromatic rings. The van der Waals surface area contributed by atoms with E-state index in [-0.39, 0.29) is 17.0 Å². The summed E-state index contributed by atoms with van der Waals surface area (Å²) in [5.74, 6) is 0.782. The highest BCUT2D eigenvalue weighted by molar-refractivity contribution is 7.90. The van der Waals surface area contributed by atoms with Gasteiger partial charge in [0.15, 0.2) is 0 Å². The van der Waals surface area contributed by atoms with E-state index in [0.717, 1.165) is 0 Å². The SMILES string of the molecule is N#Cc1c(NS(N)(=O)=O)cccc1Oc1ccccc1. The van der Waals surface area contributed by atoms with Crippen LogP contribution in [0.3, 0.4) is 0 Å². The van der Waals surface area contributed by atoms with Gasteiger partial charge < -0.3 is 4.74 Å². The summed E-state index contributed by atoms with van der Waals surface area (Å²) in [4.78, 5) is 0. The minimum absolute atomic E-state index is 0.0605. The highest BCUT2D eigenvalue weighted by Crippen LogP contribution is 2.30. The van der Waals surface area contributed by atoms with Crippen LogP contribution in [0.2, 0.25) is 0 Å². The number of hydrogen-bond donors (Lipinski definition) is 2. The van der Waals surface area contributed by atoms with Crippen molar-refractivity contribution < 1.29 is 13.2 Å². The van der Waals surface area contributed by atoms with Crippen LogP contribution in [0, 0.1) is 11.3 Å². The van der Waals surface area contributed by atoms with E-state index in [0.29, 0.717) is 5.75 Å². The van der Waals surface area contributed by atoms with Crippen molar-refractivity contribution in [2.45, 2.75) is 0 Å². The summed E-state index contributed by atoms with van der Waals surface area (Å²) in [6.07, 6.45) is 0. The fourth-order valence-corrected chi connectivity index (χ4v) is 2.06. The zero-order valence-corrected chi connectivity index (χ0v) is 11.1. The van der Waals surface area contributed by atoms with Crippen LogP contribution in [0.5, 0.6) is 11.5 Å². The molecular weight excluding hydrogens is 278 g/mol. The number of benzene rings is 2. The van der Waals surface area contributed by atoms with Gasteiger partial charge in [0.05, 0.1) is 5.69 Å². The highest BCUT2D eigenvalue weighted by Gasteiger charge is 2.13. The van der Waals surface area contributed by atoms with E-state index in [1.54, 1.807) is 36.4 Å². The Kier molecular flexibility index (Phi) is 3.89. The first-order valence-corrected chi connectivity index (χ1v) is 7.11. The molecule has 6 nitrogen and oxygen atoms in total. The lowest BCUT2D eigenvalue weighted by Gasteiger charge is -2.11. The quantitative estimate of drug-likeness (QED) is 0.897. The Morgan fingerprint density at radius 3 is 2.40 bits per heavy atom. The van der Waals surface area contributed by atoms with Crippen LogP contribution in [0.1, 0.15) is 5.56 Å². The predicted octanol–water partition coefficient (Wildman–Crippen LogP) is 1.97. The van der Waals surface area contributed by atoms with Crippen LogP contribution in [-0.4, -0.2) is 8.42 Å². The maximum atomic E-state index is 11.1. The smallest absolute Gasteiger partial charge is 0.296 e. The Labute approximate surface area is 116 Å². The molecule has 0 spiro atoms. The van der Waals surface area contributed by atoms with Gasteiger partial charge in [-0.15, -0.1) is 0 Å². The summed E-state index contributed by atoms with van der Waals surface area (Å²) in [6, 6.07) is 15.3. The largest absolute Gasteiger partial charge is 0.456 e. The van der Waals surface area contributed by atoms with Gasteiger partial charge in [-0.3, -0.25) is 4.72 Å². The second-order valence-corrected chi connectivity index (χ2v) is 5.15. The molecule has 0 saturated carbocycles. The molecule has 0 bridgehead atoms. The zero-order chi connectivity index (χ0) is 14.6. The van der Waals surface area contributed by atoms with E-state index in [9.17, 15) is 8.42 Å². The molecule has 2 rings (SSSR count). The number of ether oxygens (including phenoxy) is 1. The van der Waals surface area contributed by atoms with Crippen LogP contribution in [-0.2, 0) is 10.2 Å². The molecule has 7 heteroatoms. The number of para-hydroxylation sites is 1. The van der Waals surface area contributed by atoms with Crippen molar-refractivity contribution in [2.24, 2.45) is 5.14 Å². The number of nitriles is 1. The van der Waals surface area contributed by atoms with Crippen LogP contribution in [0.25, 0.3) is 0 Å². The first kappa shape index (κ1) is 13.9. The third-order valence-electron chi connectivity index (χ3n) is 2.36. The molecule has 0 fully saturated rings. The maximum absolute atomic E-state index is 11.1. The van der Waals surface area contributed by atoms with Crippen LogP contribution in [0.4, 0.5) is 5.69 Å². The second kappa shape index (κ2) is 5.61. The van der Waals surface area contributed by atoms with Gasteiger partial charge in [0.1, 0.15) is 23.1 Å². The van der Waals surface area contributed by atoms with Crippen LogP contribution >= 0.6 is 0 Å². The Morgan fingerprint density at radius 2 is 1.80 bits per heavy atom. The molecule has 0 unspecified atom stereocenters. The van der Waals surface area contributed by atoms with Gasteiger partial charge in [-0.2, -0.15) is 13.7 Å². The number of anilines is 1. The standard InChI is InChI=1S/C13H11N3O3S/c14-9-11-12(16-20(15,17)18)7-4-8-13(11)19-10-5-2-1-3-6-10/h1-8,16H,(H2,15,17,18). The molecule has 0 aliphatic rings. The average Bonchev–Trinajstić information content (AvgIpc) is 2.38. The summed E-state index contributed by atoms with van der Waals surface area (Å²) in [6.45, 7) is 0. The minimum atomic E-state index is -3.96. The normalized spacial score (nSPS) is 10.6. The van der Waals surface area contributed by atoms with Crippen molar-refractivity contribution in [3.8, 4) is 17.6 Å². The van der Waals surface area contributed by atoms with Crippen molar-refractivity contribution in [1.29, 1.82) is 5.26 Å². The molecule has 2 aromatic carbocycles. The molecule has 0 aromatic heterocycles. The van der Waals surface area contributed by atoms with Gasteiger partial charge in [0.25, 0.3) is 10.2 Å². The molecule has 0 atom stereocenters. The monoisotopic (exact) mass is 289 g/mol. The Morgan fingerprint density at radius 1 is 1.10 bits per heavy atom. The minimum Gasteiger partial charge on any atom is -0.456 e. The van der Waals surface area contributed by atoms with Crippen molar-refractivity contribution in [1.82, 2.24) is 0 Å². The number of nitrogens with two attached hydrogens (primary N) is 1. The second-order valence-electron chi connectivity index (χ2n) is 3.85. The first-order chi connectivity index (χ1) is 9.49. The number of hydrogen-bond acceptors (Lipinski definition) is 4. The van der Waals surface area contributed by atoms with Gasteiger partial charge in [-0.25, -0.2) is 5.14 Å². The fraction of sp³-hybridized carbons (Fsp3) is 0. The highest BCUT2D eigenvalue weighted by atomic mass is 32.2. The Hall–Kier alpha value is -2.56. The van der Waals surface area contributed by atoms with E-state index in [1.807, 2.05) is 12.1 Å². The average molecular weight is 289 g/mol. The number of nitrogens with one attached hydrogen (secondary N) is 1. The van der Waals surface area contributed by atoms with Gasteiger partial charge in [-0.05, 0) is 24.3 Å². The lowest BCUT2D eigenvalue weighted by atomic mass is 10.2. The van der Waals surface area contributed by atoms with E-state index in [2.05, 4.69) is 4.72 Å². The summed E-state index contributed by atoms with van der Waals surface area (Å²) in [5.41, 5.74) is 0.133. The van der Waals surface area contributed by atoms with Gasteiger partial charge in [0.2, 0.25) is 0 Å². The molecule has 0 radical (unpaired) electrons. The van der Waals surface area contributed by atoms with E-state index in [1.165, 1.54) is 6.07 Å². The summed E-state index contributed by atoms with van der Waals surface area (Å²) >= 11 is 0. The van der Waals surface area contributed by atoms with Crippen LogP contribution in [0.15, 0.2) is 48.5 Å². The molecule has 0 saturated heterocycles.